The normalized spacial score (nSPS) is 14.7. The highest BCUT2D eigenvalue weighted by Crippen LogP contribution is 2.38. The largest absolute Gasteiger partial charge is 0.490 e. The quantitative estimate of drug-likeness (QED) is 0.316. The van der Waals surface area contributed by atoms with Crippen LogP contribution in [0.5, 0.6) is 11.5 Å². The molecule has 1 N–H and O–H groups in total. The molecular formula is C28H24ClFN2O5. The zero-order valence-electron chi connectivity index (χ0n) is 20.4. The monoisotopic (exact) mass is 522 g/mol. The number of nitrogens with one attached hydrogen (secondary N) is 1. The smallest absolute Gasteiger partial charge is 0.336 e. The molecule has 190 valence electrons. The van der Waals surface area contributed by atoms with E-state index in [1.807, 2.05) is 32.0 Å². The molecule has 0 bridgehead atoms. The number of imide groups is 2. The SMILES string of the molecule is CCOc1cc(/C=C2/C(=O)NC(=O)N(c3ccccc3F)C2=O)cc(Cl)c1OCc1ccc(C)c(C)c1. The summed E-state index contributed by atoms with van der Waals surface area (Å²) in [7, 11) is 0. The molecule has 1 saturated heterocycles. The minimum absolute atomic E-state index is 0.201. The Morgan fingerprint density at radius 3 is 2.46 bits per heavy atom. The number of urea groups is 1. The Labute approximate surface area is 218 Å². The molecular weight excluding hydrogens is 499 g/mol. The summed E-state index contributed by atoms with van der Waals surface area (Å²) in [5.74, 6) is -2.04. The highest BCUT2D eigenvalue weighted by Gasteiger charge is 2.38. The molecule has 0 radical (unpaired) electrons. The van der Waals surface area contributed by atoms with Crippen molar-refractivity contribution in [1.82, 2.24) is 5.32 Å². The van der Waals surface area contributed by atoms with Crippen molar-refractivity contribution in [3.63, 3.8) is 0 Å². The van der Waals surface area contributed by atoms with Gasteiger partial charge in [0.25, 0.3) is 11.8 Å². The highest BCUT2D eigenvalue weighted by atomic mass is 35.5. The first-order valence-corrected chi connectivity index (χ1v) is 11.9. The van der Waals surface area contributed by atoms with E-state index < -0.39 is 23.7 Å². The number of para-hydroxylation sites is 1. The number of hydrogen-bond donors (Lipinski definition) is 1. The van der Waals surface area contributed by atoms with Crippen LogP contribution in [-0.4, -0.2) is 24.5 Å². The standard InChI is InChI=1S/C28H24ClFN2O5/c1-4-36-24-14-19(13-21(29)25(24)37-15-18-10-9-16(2)17(3)11-18)12-20-26(33)31-28(35)32(27(20)34)23-8-6-5-7-22(23)30/h5-14H,4,15H2,1-3H3,(H,31,33,35)/b20-12-. The van der Waals surface area contributed by atoms with Crippen molar-refractivity contribution in [3.8, 4) is 11.5 Å². The van der Waals surface area contributed by atoms with Crippen LogP contribution in [0.2, 0.25) is 5.02 Å². The fraction of sp³-hybridized carbons (Fsp3) is 0.179. The van der Waals surface area contributed by atoms with Crippen molar-refractivity contribution < 1.29 is 28.2 Å². The van der Waals surface area contributed by atoms with Crippen LogP contribution >= 0.6 is 11.6 Å². The summed E-state index contributed by atoms with van der Waals surface area (Å²) in [6.45, 7) is 6.40. The number of ether oxygens (including phenoxy) is 2. The number of nitrogens with zero attached hydrogens (tertiary/aromatic N) is 1. The Bertz CT molecular complexity index is 1440. The zero-order valence-corrected chi connectivity index (χ0v) is 21.2. The minimum Gasteiger partial charge on any atom is -0.490 e. The van der Waals surface area contributed by atoms with Gasteiger partial charge in [-0.1, -0.05) is 41.9 Å². The van der Waals surface area contributed by atoms with Gasteiger partial charge in [-0.25, -0.2) is 14.1 Å². The van der Waals surface area contributed by atoms with Crippen LogP contribution < -0.4 is 19.7 Å². The summed E-state index contributed by atoms with van der Waals surface area (Å²) < 4.78 is 26.0. The van der Waals surface area contributed by atoms with E-state index >= 15 is 0 Å². The first-order chi connectivity index (χ1) is 17.7. The maximum atomic E-state index is 14.3. The highest BCUT2D eigenvalue weighted by molar-refractivity contribution is 6.39. The number of halogens is 2. The third-order valence-corrected chi connectivity index (χ3v) is 6.07. The molecule has 0 spiro atoms. The van der Waals surface area contributed by atoms with Crippen LogP contribution in [0.4, 0.5) is 14.9 Å². The average Bonchev–Trinajstić information content (AvgIpc) is 2.84. The average molecular weight is 523 g/mol. The molecule has 0 aliphatic carbocycles. The molecule has 1 fully saturated rings. The maximum absolute atomic E-state index is 14.3. The Morgan fingerprint density at radius 2 is 1.76 bits per heavy atom. The fourth-order valence-electron chi connectivity index (χ4n) is 3.80. The van der Waals surface area contributed by atoms with E-state index in [4.69, 9.17) is 21.1 Å². The third-order valence-electron chi connectivity index (χ3n) is 5.79. The number of carbonyl (C=O) groups is 3. The van der Waals surface area contributed by atoms with Crippen LogP contribution in [0.15, 0.2) is 60.2 Å². The molecule has 1 aliphatic rings. The summed E-state index contributed by atoms with van der Waals surface area (Å²) >= 11 is 6.52. The molecule has 7 nitrogen and oxygen atoms in total. The molecule has 3 aromatic carbocycles. The van der Waals surface area contributed by atoms with Gasteiger partial charge in [0.15, 0.2) is 11.5 Å². The molecule has 9 heteroatoms. The first-order valence-electron chi connectivity index (χ1n) is 11.5. The van der Waals surface area contributed by atoms with E-state index in [9.17, 15) is 18.8 Å². The van der Waals surface area contributed by atoms with E-state index in [0.29, 0.717) is 28.6 Å². The molecule has 0 aromatic heterocycles. The summed E-state index contributed by atoms with van der Waals surface area (Å²) in [6.07, 6.45) is 1.26. The lowest BCUT2D eigenvalue weighted by Crippen LogP contribution is -2.54. The molecule has 4 amide bonds. The predicted molar refractivity (Wildman–Crippen MR) is 138 cm³/mol. The Balaban J connectivity index is 1.66. The lowest BCUT2D eigenvalue weighted by molar-refractivity contribution is -0.122. The van der Waals surface area contributed by atoms with Gasteiger partial charge in [-0.15, -0.1) is 0 Å². The second kappa shape index (κ2) is 10.8. The Morgan fingerprint density at radius 1 is 1.00 bits per heavy atom. The van der Waals surface area contributed by atoms with Crippen molar-refractivity contribution in [3.05, 3.63) is 93.3 Å². The number of barbiturate groups is 1. The fourth-order valence-corrected chi connectivity index (χ4v) is 4.07. The van der Waals surface area contributed by atoms with E-state index in [1.54, 1.807) is 13.0 Å². The molecule has 0 atom stereocenters. The summed E-state index contributed by atoms with van der Waals surface area (Å²) in [4.78, 5) is 38.6. The van der Waals surface area contributed by atoms with Gasteiger partial charge in [0.2, 0.25) is 0 Å². The van der Waals surface area contributed by atoms with Crippen LogP contribution in [0.1, 0.15) is 29.2 Å². The van der Waals surface area contributed by atoms with Crippen LogP contribution in [0, 0.1) is 19.7 Å². The second-order valence-corrected chi connectivity index (χ2v) is 8.79. The summed E-state index contributed by atoms with van der Waals surface area (Å²) in [5.41, 5.74) is 2.98. The van der Waals surface area contributed by atoms with Crippen molar-refractivity contribution >= 4 is 41.2 Å². The number of rotatable bonds is 7. The summed E-state index contributed by atoms with van der Waals surface area (Å²) in [6, 6.07) is 13.3. The number of carbonyl (C=O) groups excluding carboxylic acids is 3. The maximum Gasteiger partial charge on any atom is 0.336 e. The molecule has 1 heterocycles. The van der Waals surface area contributed by atoms with Crippen molar-refractivity contribution in [2.45, 2.75) is 27.4 Å². The number of anilines is 1. The third kappa shape index (κ3) is 5.49. The van der Waals surface area contributed by atoms with Crippen LogP contribution in [0.3, 0.4) is 0 Å². The summed E-state index contributed by atoms with van der Waals surface area (Å²) in [5, 5.41) is 2.27. The van der Waals surface area contributed by atoms with Gasteiger partial charge in [0.1, 0.15) is 18.0 Å². The van der Waals surface area contributed by atoms with Crippen molar-refractivity contribution in [1.29, 1.82) is 0 Å². The minimum atomic E-state index is -1.04. The first kappa shape index (κ1) is 25.9. The lowest BCUT2D eigenvalue weighted by Gasteiger charge is -2.26. The molecule has 1 aliphatic heterocycles. The number of amides is 4. The lowest BCUT2D eigenvalue weighted by atomic mass is 10.1. The van der Waals surface area contributed by atoms with Gasteiger partial charge in [-0.2, -0.15) is 0 Å². The van der Waals surface area contributed by atoms with Crippen LogP contribution in [0.25, 0.3) is 6.08 Å². The second-order valence-electron chi connectivity index (χ2n) is 8.38. The predicted octanol–water partition coefficient (Wildman–Crippen LogP) is 5.74. The molecule has 3 aromatic rings. The van der Waals surface area contributed by atoms with Gasteiger partial charge in [0, 0.05) is 0 Å². The van der Waals surface area contributed by atoms with E-state index in [0.717, 1.165) is 17.2 Å². The van der Waals surface area contributed by atoms with Gasteiger partial charge >= 0.3 is 6.03 Å². The molecule has 37 heavy (non-hydrogen) atoms. The zero-order chi connectivity index (χ0) is 26.7. The van der Waals surface area contributed by atoms with Gasteiger partial charge in [0.05, 0.1) is 17.3 Å². The van der Waals surface area contributed by atoms with Crippen LogP contribution in [-0.2, 0) is 16.2 Å². The molecule has 0 saturated carbocycles. The Kier molecular flexibility index (Phi) is 7.59. The van der Waals surface area contributed by atoms with Gasteiger partial charge < -0.3 is 9.47 Å². The number of aryl methyl sites for hydroxylation is 2. The Hall–Kier alpha value is -4.17. The van der Waals surface area contributed by atoms with E-state index in [1.165, 1.54) is 35.9 Å². The number of hydrogen-bond acceptors (Lipinski definition) is 5. The van der Waals surface area contributed by atoms with Gasteiger partial charge in [-0.05, 0) is 73.4 Å². The molecule has 0 unspecified atom stereocenters. The van der Waals surface area contributed by atoms with Crippen molar-refractivity contribution in [2.24, 2.45) is 0 Å². The topological polar surface area (TPSA) is 84.9 Å². The van der Waals surface area contributed by atoms with Crippen molar-refractivity contribution in [2.75, 3.05) is 11.5 Å². The molecule has 4 rings (SSSR count). The van der Waals surface area contributed by atoms with Gasteiger partial charge in [-0.3, -0.25) is 14.9 Å². The van der Waals surface area contributed by atoms with E-state index in [-0.39, 0.29) is 22.9 Å². The number of benzene rings is 3. The van der Waals surface area contributed by atoms with E-state index in [2.05, 4.69) is 5.32 Å².